The minimum atomic E-state index is -0.541. The van der Waals surface area contributed by atoms with Gasteiger partial charge in [0, 0.05) is 34.5 Å². The van der Waals surface area contributed by atoms with E-state index in [0.29, 0.717) is 17.5 Å². The van der Waals surface area contributed by atoms with E-state index in [2.05, 4.69) is 51.8 Å². The lowest BCUT2D eigenvalue weighted by Gasteiger charge is -2.36. The highest BCUT2D eigenvalue weighted by Crippen LogP contribution is 2.30. The first-order chi connectivity index (χ1) is 17.7. The predicted octanol–water partition coefficient (Wildman–Crippen LogP) is 3.79. The minimum absolute atomic E-state index is 0.0772. The van der Waals surface area contributed by atoms with Crippen molar-refractivity contribution in [3.63, 3.8) is 0 Å². The van der Waals surface area contributed by atoms with Crippen LogP contribution in [0.4, 0.5) is 5.69 Å². The van der Waals surface area contributed by atoms with Crippen molar-refractivity contribution >= 4 is 34.7 Å². The largest absolute Gasteiger partial charge is 0.326 e. The molecule has 3 amide bonds. The number of imide groups is 1. The van der Waals surface area contributed by atoms with E-state index in [-0.39, 0.29) is 30.6 Å². The van der Waals surface area contributed by atoms with Gasteiger partial charge < -0.3 is 5.32 Å². The van der Waals surface area contributed by atoms with Gasteiger partial charge in [-0.15, -0.1) is 16.4 Å². The summed E-state index contributed by atoms with van der Waals surface area (Å²) >= 11 is 1.48. The van der Waals surface area contributed by atoms with Crippen LogP contribution in [-0.4, -0.2) is 50.7 Å². The highest BCUT2D eigenvalue weighted by molar-refractivity contribution is 7.10. The van der Waals surface area contributed by atoms with Gasteiger partial charge in [0.25, 0.3) is 5.91 Å². The molecule has 0 aliphatic carbocycles. The number of amides is 3. The topological polar surface area (TPSA) is 109 Å². The zero-order valence-corrected chi connectivity index (χ0v) is 22.0. The summed E-state index contributed by atoms with van der Waals surface area (Å²) in [5.74, 6) is -0.703. The number of aromatic nitrogens is 3. The van der Waals surface area contributed by atoms with Crippen LogP contribution in [0, 0.1) is 5.41 Å². The zero-order valence-electron chi connectivity index (χ0n) is 21.2. The van der Waals surface area contributed by atoms with Gasteiger partial charge in [-0.05, 0) is 61.5 Å². The summed E-state index contributed by atoms with van der Waals surface area (Å²) in [6, 6.07) is 9.49. The Hall–Kier alpha value is -3.37. The molecule has 4 heterocycles. The number of thiophene rings is 1. The van der Waals surface area contributed by atoms with E-state index in [0.717, 1.165) is 35.8 Å². The zero-order chi connectivity index (χ0) is 26.0. The molecular weight excluding hydrogens is 488 g/mol. The van der Waals surface area contributed by atoms with Gasteiger partial charge in [0.15, 0.2) is 0 Å². The summed E-state index contributed by atoms with van der Waals surface area (Å²) in [5.41, 5.74) is 3.96. The van der Waals surface area contributed by atoms with Gasteiger partial charge in [0.2, 0.25) is 11.8 Å². The van der Waals surface area contributed by atoms with Crippen molar-refractivity contribution in [2.24, 2.45) is 5.41 Å². The fraction of sp³-hybridized carbons (Fsp3) is 0.444. The monoisotopic (exact) mass is 520 g/mol. The van der Waals surface area contributed by atoms with E-state index in [1.807, 2.05) is 23.6 Å². The standard InChI is InChI=1S/C27H32N6O3S/c1-27(2)9-11-32(12-10-27)15-18-3-5-20(6-4-18)28-25(35)14-21-13-19(17-37-21)22-16-33(31-30-22)23-7-8-24(34)29-26(23)36/h3-6,13,16-17,23H,7-12,14-15H2,1-2H3,(H,28,35)(H,29,34,36). The SMILES string of the molecule is CC1(C)CCN(Cc2ccc(NC(=O)Cc3cc(-c4cn(C5CCC(=O)NC5=O)nn4)cs3)cc2)CC1. The molecule has 2 aliphatic rings. The fourth-order valence-corrected chi connectivity index (χ4v) is 5.61. The van der Waals surface area contributed by atoms with Crippen LogP contribution in [0.1, 0.15) is 56.0 Å². The van der Waals surface area contributed by atoms with Gasteiger partial charge in [0.05, 0.1) is 12.6 Å². The number of benzene rings is 1. The van der Waals surface area contributed by atoms with Crippen molar-refractivity contribution in [1.29, 1.82) is 0 Å². The molecule has 37 heavy (non-hydrogen) atoms. The van der Waals surface area contributed by atoms with Gasteiger partial charge >= 0.3 is 0 Å². The molecule has 2 saturated heterocycles. The quantitative estimate of drug-likeness (QED) is 0.459. The highest BCUT2D eigenvalue weighted by Gasteiger charge is 2.29. The van der Waals surface area contributed by atoms with E-state index in [1.54, 1.807) is 6.20 Å². The number of nitrogens with one attached hydrogen (secondary N) is 2. The Morgan fingerprint density at radius 3 is 2.68 bits per heavy atom. The van der Waals surface area contributed by atoms with Crippen molar-refractivity contribution in [2.45, 2.75) is 58.5 Å². The van der Waals surface area contributed by atoms with Crippen molar-refractivity contribution in [2.75, 3.05) is 18.4 Å². The molecule has 5 rings (SSSR count). The molecule has 2 N–H and O–H groups in total. The first-order valence-corrected chi connectivity index (χ1v) is 13.6. The van der Waals surface area contributed by atoms with Crippen LogP contribution in [0.15, 0.2) is 41.9 Å². The minimum Gasteiger partial charge on any atom is -0.326 e. The molecular formula is C27H32N6O3S. The van der Waals surface area contributed by atoms with Crippen LogP contribution in [0.25, 0.3) is 11.3 Å². The molecule has 0 radical (unpaired) electrons. The Kier molecular flexibility index (Phi) is 7.21. The normalized spacial score (nSPS) is 20.0. The van der Waals surface area contributed by atoms with Crippen LogP contribution >= 0.6 is 11.3 Å². The summed E-state index contributed by atoms with van der Waals surface area (Å²) in [4.78, 5) is 39.5. The predicted molar refractivity (Wildman–Crippen MR) is 142 cm³/mol. The summed E-state index contributed by atoms with van der Waals surface area (Å²) in [6.07, 6.45) is 5.10. The summed E-state index contributed by atoms with van der Waals surface area (Å²) in [6.45, 7) is 7.88. The maximum absolute atomic E-state index is 12.6. The average molecular weight is 521 g/mol. The van der Waals surface area contributed by atoms with Crippen LogP contribution < -0.4 is 10.6 Å². The second-order valence-electron chi connectivity index (χ2n) is 10.7. The molecule has 0 bridgehead atoms. The van der Waals surface area contributed by atoms with Crippen molar-refractivity contribution in [1.82, 2.24) is 25.2 Å². The molecule has 0 saturated carbocycles. The summed E-state index contributed by atoms with van der Waals surface area (Å²) in [7, 11) is 0. The molecule has 1 atom stereocenters. The van der Waals surface area contributed by atoms with Gasteiger partial charge in [-0.25, -0.2) is 4.68 Å². The lowest BCUT2D eigenvalue weighted by molar-refractivity contribution is -0.136. The Bertz CT molecular complexity index is 1290. The second kappa shape index (κ2) is 10.5. The lowest BCUT2D eigenvalue weighted by atomic mass is 9.82. The number of likely N-dealkylation sites (tertiary alicyclic amines) is 1. The van der Waals surface area contributed by atoms with Crippen LogP contribution in [0.2, 0.25) is 0 Å². The van der Waals surface area contributed by atoms with Crippen molar-refractivity contribution < 1.29 is 14.4 Å². The molecule has 0 spiro atoms. The van der Waals surface area contributed by atoms with Crippen molar-refractivity contribution in [3.8, 4) is 11.3 Å². The lowest BCUT2D eigenvalue weighted by Crippen LogP contribution is -2.41. The van der Waals surface area contributed by atoms with E-state index >= 15 is 0 Å². The molecule has 2 aliphatic heterocycles. The smallest absolute Gasteiger partial charge is 0.251 e. The van der Waals surface area contributed by atoms with E-state index < -0.39 is 6.04 Å². The number of carbonyl (C=O) groups is 3. The molecule has 2 aromatic heterocycles. The van der Waals surface area contributed by atoms with Gasteiger partial charge in [-0.3, -0.25) is 24.6 Å². The molecule has 1 unspecified atom stereocenters. The Morgan fingerprint density at radius 1 is 1.19 bits per heavy atom. The fourth-order valence-electron chi connectivity index (χ4n) is 4.74. The molecule has 1 aromatic carbocycles. The third-order valence-electron chi connectivity index (χ3n) is 7.18. The number of anilines is 1. The Balaban J connectivity index is 1.13. The van der Waals surface area contributed by atoms with E-state index in [1.165, 1.54) is 34.4 Å². The number of carbonyl (C=O) groups excluding carboxylic acids is 3. The third-order valence-corrected chi connectivity index (χ3v) is 8.11. The molecule has 3 aromatic rings. The molecule has 194 valence electrons. The van der Waals surface area contributed by atoms with Crippen LogP contribution in [-0.2, 0) is 27.3 Å². The van der Waals surface area contributed by atoms with Gasteiger partial charge in [-0.2, -0.15) is 0 Å². The summed E-state index contributed by atoms with van der Waals surface area (Å²) < 4.78 is 1.50. The first-order valence-electron chi connectivity index (χ1n) is 12.7. The second-order valence-corrected chi connectivity index (χ2v) is 11.7. The third kappa shape index (κ3) is 6.31. The molecule has 2 fully saturated rings. The van der Waals surface area contributed by atoms with Crippen molar-refractivity contribution in [3.05, 3.63) is 52.3 Å². The van der Waals surface area contributed by atoms with Crippen LogP contribution in [0.5, 0.6) is 0 Å². The van der Waals surface area contributed by atoms with E-state index in [9.17, 15) is 14.4 Å². The van der Waals surface area contributed by atoms with E-state index in [4.69, 9.17) is 0 Å². The van der Waals surface area contributed by atoms with Gasteiger partial charge in [-0.1, -0.05) is 31.2 Å². The number of hydrogen-bond donors (Lipinski definition) is 2. The Labute approximate surface area is 220 Å². The van der Waals surface area contributed by atoms with Crippen LogP contribution in [0.3, 0.4) is 0 Å². The number of rotatable bonds is 7. The maximum atomic E-state index is 12.6. The Morgan fingerprint density at radius 2 is 1.95 bits per heavy atom. The highest BCUT2D eigenvalue weighted by atomic mass is 32.1. The molecule has 10 heteroatoms. The van der Waals surface area contributed by atoms with Gasteiger partial charge in [0.1, 0.15) is 11.7 Å². The molecule has 9 nitrogen and oxygen atoms in total. The first kappa shape index (κ1) is 25.3. The average Bonchev–Trinajstić information content (AvgIpc) is 3.51. The number of piperidine rings is 2. The number of hydrogen-bond acceptors (Lipinski definition) is 7. The number of nitrogens with zero attached hydrogens (tertiary/aromatic N) is 4. The summed E-state index contributed by atoms with van der Waals surface area (Å²) in [5, 5.41) is 15.5. The maximum Gasteiger partial charge on any atom is 0.251 e.